The van der Waals surface area contributed by atoms with E-state index in [4.69, 9.17) is 9.72 Å². The lowest BCUT2D eigenvalue weighted by Crippen LogP contribution is -2.29. The normalized spacial score (nSPS) is 12.7. The number of benzene rings is 2. The van der Waals surface area contributed by atoms with E-state index in [1.807, 2.05) is 48.9 Å². The number of hydrogen-bond acceptors (Lipinski definition) is 8. The number of aromatic nitrogens is 3. The smallest absolute Gasteiger partial charge is 0.247 e. The van der Waals surface area contributed by atoms with E-state index in [2.05, 4.69) is 33.2 Å². The molecule has 1 saturated carbocycles. The van der Waals surface area contributed by atoms with Gasteiger partial charge in [0.05, 0.1) is 47.1 Å². The Kier molecular flexibility index (Phi) is 8.08. The Morgan fingerprint density at radius 3 is 2.71 bits per heavy atom. The Bertz CT molecular complexity index is 1700. The third kappa shape index (κ3) is 5.75. The van der Waals surface area contributed by atoms with Crippen LogP contribution in [0.25, 0.3) is 22.2 Å². The van der Waals surface area contributed by atoms with Gasteiger partial charge in [0.25, 0.3) is 0 Å². The molecule has 2 heterocycles. The zero-order valence-corrected chi connectivity index (χ0v) is 24.1. The van der Waals surface area contributed by atoms with E-state index in [1.54, 1.807) is 19.2 Å². The zero-order chi connectivity index (χ0) is 30.0. The molecule has 1 aliphatic carbocycles. The average Bonchev–Trinajstić information content (AvgIpc) is 3.75. The van der Waals surface area contributed by atoms with Crippen molar-refractivity contribution in [3.05, 3.63) is 66.8 Å². The molecule has 0 bridgehead atoms. The van der Waals surface area contributed by atoms with Gasteiger partial charge in [0, 0.05) is 49.4 Å². The van der Waals surface area contributed by atoms with Gasteiger partial charge in [0.15, 0.2) is 0 Å². The minimum Gasteiger partial charge on any atom is -0.494 e. The van der Waals surface area contributed by atoms with E-state index in [-0.39, 0.29) is 29.3 Å². The van der Waals surface area contributed by atoms with E-state index < -0.39 is 0 Å². The van der Waals surface area contributed by atoms with Crippen molar-refractivity contribution >= 4 is 39.8 Å². The minimum atomic E-state index is -0.357. The summed E-state index contributed by atoms with van der Waals surface area (Å²) in [6.07, 6.45) is 6.48. The number of nitrogens with zero attached hydrogens (tertiary/aromatic N) is 6. The highest BCUT2D eigenvalue weighted by atomic mass is 19.1. The molecule has 0 spiro atoms. The fourth-order valence-electron chi connectivity index (χ4n) is 4.85. The van der Waals surface area contributed by atoms with Gasteiger partial charge in [-0.2, -0.15) is 5.26 Å². The molecule has 0 unspecified atom stereocenters. The van der Waals surface area contributed by atoms with Crippen LogP contribution in [0.2, 0.25) is 0 Å². The van der Waals surface area contributed by atoms with Gasteiger partial charge in [-0.25, -0.2) is 14.4 Å². The first-order valence-corrected chi connectivity index (χ1v) is 13.6. The van der Waals surface area contributed by atoms with E-state index in [0.29, 0.717) is 45.8 Å². The van der Waals surface area contributed by atoms with Gasteiger partial charge in [-0.1, -0.05) is 18.7 Å². The number of para-hydroxylation sites is 1. The van der Waals surface area contributed by atoms with Gasteiger partial charge in [-0.05, 0) is 45.1 Å². The van der Waals surface area contributed by atoms with Crippen LogP contribution in [0.15, 0.2) is 55.4 Å². The van der Waals surface area contributed by atoms with Gasteiger partial charge in [0.2, 0.25) is 11.9 Å². The fraction of sp³-hybridized carbons (Fsp3) is 0.290. The number of fused-ring (bicyclic) bond motifs is 1. The molecule has 1 fully saturated rings. The van der Waals surface area contributed by atoms with Gasteiger partial charge >= 0.3 is 0 Å². The third-order valence-electron chi connectivity index (χ3n) is 7.21. The van der Waals surface area contributed by atoms with Crippen LogP contribution in [0.4, 0.5) is 27.4 Å². The van der Waals surface area contributed by atoms with Crippen molar-refractivity contribution in [3.63, 3.8) is 0 Å². The highest BCUT2D eigenvalue weighted by molar-refractivity contribution is 6.02. The van der Waals surface area contributed by atoms with E-state index in [0.717, 1.165) is 25.1 Å². The van der Waals surface area contributed by atoms with Crippen LogP contribution in [-0.4, -0.2) is 66.7 Å². The number of amides is 1. The molecule has 2 aromatic carbocycles. The minimum absolute atomic E-state index is 0.209. The second-order valence-electron chi connectivity index (χ2n) is 10.5. The number of rotatable bonds is 11. The number of likely N-dealkylation sites (N-methyl/N-ethyl adjacent to an activating group) is 2. The molecule has 2 aromatic heterocycles. The molecule has 4 aromatic rings. The lowest BCUT2D eigenvalue weighted by Gasteiger charge is -2.26. The van der Waals surface area contributed by atoms with Crippen molar-refractivity contribution in [2.45, 2.75) is 18.9 Å². The summed E-state index contributed by atoms with van der Waals surface area (Å²) >= 11 is 0. The van der Waals surface area contributed by atoms with Crippen LogP contribution in [0, 0.1) is 17.1 Å². The number of nitriles is 1. The monoisotopic (exact) mass is 568 g/mol. The number of carbonyl (C=O) groups is 1. The maximum absolute atomic E-state index is 14.9. The van der Waals surface area contributed by atoms with Crippen LogP contribution in [0.3, 0.4) is 0 Å². The second-order valence-corrected chi connectivity index (χ2v) is 10.5. The molecule has 0 atom stereocenters. The van der Waals surface area contributed by atoms with Crippen LogP contribution in [0.5, 0.6) is 5.75 Å². The molecule has 216 valence electrons. The summed E-state index contributed by atoms with van der Waals surface area (Å²) in [5, 5.41) is 16.6. The summed E-state index contributed by atoms with van der Waals surface area (Å²) in [6.45, 7) is 5.08. The number of anilines is 4. The number of hydrogen-bond donors (Lipinski definition) is 2. The highest BCUT2D eigenvalue weighted by Crippen LogP contribution is 2.43. The van der Waals surface area contributed by atoms with E-state index in [9.17, 15) is 14.4 Å². The summed E-state index contributed by atoms with van der Waals surface area (Å²) in [4.78, 5) is 25.5. The molecule has 42 heavy (non-hydrogen) atoms. The largest absolute Gasteiger partial charge is 0.494 e. The maximum Gasteiger partial charge on any atom is 0.247 e. The maximum atomic E-state index is 14.9. The molecule has 1 amide bonds. The summed E-state index contributed by atoms with van der Waals surface area (Å²) in [5.41, 5.74) is 3.62. The molecule has 0 saturated heterocycles. The fourth-order valence-corrected chi connectivity index (χ4v) is 4.85. The van der Waals surface area contributed by atoms with Gasteiger partial charge in [-0.3, -0.25) is 4.79 Å². The molecule has 5 rings (SSSR count). The van der Waals surface area contributed by atoms with Crippen molar-refractivity contribution in [2.24, 2.45) is 0 Å². The summed E-state index contributed by atoms with van der Waals surface area (Å²) in [5.74, 6) is 0.0385. The quantitative estimate of drug-likeness (QED) is 0.234. The van der Waals surface area contributed by atoms with Crippen molar-refractivity contribution in [1.29, 1.82) is 5.26 Å². The van der Waals surface area contributed by atoms with Gasteiger partial charge in [-0.15, -0.1) is 0 Å². The van der Waals surface area contributed by atoms with Crippen LogP contribution in [-0.2, 0) is 4.79 Å². The number of nitrogens with one attached hydrogen (secondary N) is 2. The standard InChI is InChI=1S/C31H33FN8O2/c1-6-28(41)35-24-14-25(27(42-5)15-26(24)39(4)13-12-38(2)3)36-31-34-17-19(16-33)29(37-31)22-18-40(20-10-11-20)30-21(22)8-7-9-23(30)32/h6-9,14-15,17-18,20H,1,10-13H2,2-5H3,(H,35,41)(H,34,36,37). The average molecular weight is 569 g/mol. The Morgan fingerprint density at radius 2 is 2.05 bits per heavy atom. The van der Waals surface area contributed by atoms with Crippen LogP contribution < -0.4 is 20.3 Å². The molecular weight excluding hydrogens is 535 g/mol. The Balaban J connectivity index is 1.57. The van der Waals surface area contributed by atoms with Gasteiger partial charge in [0.1, 0.15) is 17.6 Å². The van der Waals surface area contributed by atoms with Crippen LogP contribution >= 0.6 is 0 Å². The molecule has 10 nitrogen and oxygen atoms in total. The second kappa shape index (κ2) is 11.9. The summed E-state index contributed by atoms with van der Waals surface area (Å²) in [7, 11) is 7.48. The molecule has 0 radical (unpaired) electrons. The Hall–Kier alpha value is -4.95. The first-order chi connectivity index (χ1) is 20.2. The van der Waals surface area contributed by atoms with Crippen molar-refractivity contribution < 1.29 is 13.9 Å². The first kappa shape index (κ1) is 28.6. The Morgan fingerprint density at radius 1 is 1.26 bits per heavy atom. The zero-order valence-electron chi connectivity index (χ0n) is 24.1. The first-order valence-electron chi connectivity index (χ1n) is 13.6. The van der Waals surface area contributed by atoms with Crippen molar-refractivity contribution in [1.82, 2.24) is 19.4 Å². The van der Waals surface area contributed by atoms with Gasteiger partial charge < -0.3 is 29.7 Å². The highest BCUT2D eigenvalue weighted by Gasteiger charge is 2.28. The molecule has 1 aliphatic rings. The lowest BCUT2D eigenvalue weighted by atomic mass is 10.1. The summed E-state index contributed by atoms with van der Waals surface area (Å²) < 4.78 is 22.6. The summed E-state index contributed by atoms with van der Waals surface area (Å²) in [6, 6.07) is 10.9. The predicted molar refractivity (Wildman–Crippen MR) is 163 cm³/mol. The number of ether oxygens (including phenoxy) is 1. The molecule has 0 aliphatic heterocycles. The van der Waals surface area contributed by atoms with Crippen molar-refractivity contribution in [2.75, 3.05) is 56.9 Å². The number of carbonyl (C=O) groups excluding carboxylic acids is 1. The van der Waals surface area contributed by atoms with E-state index in [1.165, 1.54) is 18.3 Å². The predicted octanol–water partition coefficient (Wildman–Crippen LogP) is 5.32. The topological polar surface area (TPSA) is 111 Å². The van der Waals surface area contributed by atoms with Crippen LogP contribution in [0.1, 0.15) is 24.4 Å². The lowest BCUT2D eigenvalue weighted by molar-refractivity contribution is -0.111. The molecule has 11 heteroatoms. The van der Waals surface area contributed by atoms with Crippen molar-refractivity contribution in [3.8, 4) is 23.1 Å². The number of methoxy groups -OCH3 is 1. The molecular formula is C31H33FN8O2. The van der Waals surface area contributed by atoms with E-state index >= 15 is 0 Å². The number of halogens is 1. The third-order valence-corrected chi connectivity index (χ3v) is 7.21. The molecule has 2 N–H and O–H groups in total. The Labute approximate surface area is 244 Å². The SMILES string of the molecule is C=CC(=O)Nc1cc(Nc2ncc(C#N)c(-c3cn(C4CC4)c4c(F)cccc34)n2)c(OC)cc1N(C)CCN(C)C.